The molecule has 1 aromatic carbocycles. The molecule has 21 heavy (non-hydrogen) atoms. The molecule has 0 radical (unpaired) electrons. The minimum Gasteiger partial charge on any atom is -0.423 e. The fourth-order valence-corrected chi connectivity index (χ4v) is 4.46. The molecule has 112 valence electrons. The van der Waals surface area contributed by atoms with Crippen LogP contribution in [0.5, 0.6) is 5.75 Å². The molecule has 3 nitrogen and oxygen atoms in total. The van der Waals surface area contributed by atoms with Crippen molar-refractivity contribution in [1.29, 1.82) is 0 Å². The fourth-order valence-electron chi connectivity index (χ4n) is 2.21. The Morgan fingerprint density at radius 1 is 1.14 bits per heavy atom. The average Bonchev–Trinajstić information content (AvgIpc) is 2.48. The van der Waals surface area contributed by atoms with Crippen molar-refractivity contribution >= 4 is 22.6 Å². The molecule has 0 saturated carbocycles. The molecule has 0 bridgehead atoms. The molecular weight excluding hydrogens is 284 g/mol. The van der Waals surface area contributed by atoms with Crippen LogP contribution in [-0.4, -0.2) is 29.0 Å². The van der Waals surface area contributed by atoms with Crippen LogP contribution in [0.4, 0.5) is 0 Å². The normalized spacial score (nSPS) is 15.5. The van der Waals surface area contributed by atoms with Gasteiger partial charge in [0.05, 0.1) is 0 Å². The van der Waals surface area contributed by atoms with E-state index in [9.17, 15) is 9.59 Å². The van der Waals surface area contributed by atoms with Crippen LogP contribution in [0.15, 0.2) is 36.4 Å². The molecule has 1 aliphatic rings. The van der Waals surface area contributed by atoms with Crippen molar-refractivity contribution < 1.29 is 14.3 Å². The monoisotopic (exact) mass is 305 g/mol. The lowest BCUT2D eigenvalue weighted by atomic mass is 10.1. The number of hydrogen-bond acceptors (Lipinski definition) is 3. The van der Waals surface area contributed by atoms with Crippen LogP contribution in [0, 0.1) is 0 Å². The minimum absolute atomic E-state index is 0.193. The van der Waals surface area contributed by atoms with Gasteiger partial charge in [0.25, 0.3) is 0 Å². The molecular formula is C17H21O3S+. The lowest BCUT2D eigenvalue weighted by Gasteiger charge is -2.13. The summed E-state index contributed by atoms with van der Waals surface area (Å²) in [5.41, 5.74) is 1.05. The van der Waals surface area contributed by atoms with E-state index in [1.165, 1.54) is 30.8 Å². The summed E-state index contributed by atoms with van der Waals surface area (Å²) in [4.78, 5) is 23.6. The lowest BCUT2D eigenvalue weighted by molar-refractivity contribution is -0.130. The summed E-state index contributed by atoms with van der Waals surface area (Å²) in [5.74, 6) is 3.24. The topological polar surface area (TPSA) is 43.4 Å². The van der Waals surface area contributed by atoms with Gasteiger partial charge in [0, 0.05) is 11.1 Å². The fraction of sp³-hybridized carbons (Fsp3) is 0.412. The second-order valence-electron chi connectivity index (χ2n) is 5.34. The van der Waals surface area contributed by atoms with Crippen LogP contribution in [0.25, 0.3) is 0 Å². The van der Waals surface area contributed by atoms with Gasteiger partial charge in [0.15, 0.2) is 5.75 Å². The molecule has 1 heterocycles. The van der Waals surface area contributed by atoms with E-state index in [4.69, 9.17) is 4.74 Å². The zero-order valence-electron chi connectivity index (χ0n) is 12.4. The van der Waals surface area contributed by atoms with E-state index in [2.05, 4.69) is 6.58 Å². The first kappa shape index (κ1) is 15.8. The zero-order valence-corrected chi connectivity index (χ0v) is 13.2. The first-order valence-electron chi connectivity index (χ1n) is 7.21. The minimum atomic E-state index is -0.447. The van der Waals surface area contributed by atoms with Crippen LogP contribution in [-0.2, 0) is 15.7 Å². The molecule has 1 aromatic rings. The van der Waals surface area contributed by atoms with E-state index in [0.717, 1.165) is 0 Å². The van der Waals surface area contributed by atoms with E-state index in [1.54, 1.807) is 31.2 Å². The van der Waals surface area contributed by atoms with E-state index in [0.29, 0.717) is 22.6 Å². The summed E-state index contributed by atoms with van der Waals surface area (Å²) in [7, 11) is 0.258. The van der Waals surface area contributed by atoms with E-state index in [-0.39, 0.29) is 16.7 Å². The molecule has 1 aliphatic heterocycles. The van der Waals surface area contributed by atoms with E-state index in [1.807, 2.05) is 0 Å². The summed E-state index contributed by atoms with van der Waals surface area (Å²) < 4.78 is 5.11. The van der Waals surface area contributed by atoms with Crippen LogP contribution in [0.2, 0.25) is 0 Å². The van der Waals surface area contributed by atoms with E-state index < -0.39 is 5.97 Å². The van der Waals surface area contributed by atoms with Crippen molar-refractivity contribution in [2.75, 3.05) is 17.3 Å². The number of ketones is 1. The highest BCUT2D eigenvalue weighted by molar-refractivity contribution is 7.97. The maximum absolute atomic E-state index is 12.2. The predicted molar refractivity (Wildman–Crippen MR) is 87.0 cm³/mol. The number of Topliss-reactive ketones (excluding diaryl/α,β-unsaturated/α-hetero) is 1. The quantitative estimate of drug-likeness (QED) is 0.276. The van der Waals surface area contributed by atoms with Crippen molar-refractivity contribution in [1.82, 2.24) is 0 Å². The van der Waals surface area contributed by atoms with Gasteiger partial charge in [-0.25, -0.2) is 4.79 Å². The van der Waals surface area contributed by atoms with Crippen molar-refractivity contribution in [3.05, 3.63) is 42.0 Å². The maximum atomic E-state index is 12.2. The van der Waals surface area contributed by atoms with Crippen molar-refractivity contribution in [3.8, 4) is 5.75 Å². The van der Waals surface area contributed by atoms with Gasteiger partial charge in [-0.05, 0) is 61.3 Å². The summed E-state index contributed by atoms with van der Waals surface area (Å²) >= 11 is 0. The van der Waals surface area contributed by atoms with Gasteiger partial charge in [0.1, 0.15) is 17.3 Å². The van der Waals surface area contributed by atoms with Crippen LogP contribution in [0.3, 0.4) is 0 Å². The summed E-state index contributed by atoms with van der Waals surface area (Å²) in [5, 5.41) is 0. The number of benzene rings is 1. The Morgan fingerprint density at radius 2 is 1.76 bits per heavy atom. The summed E-state index contributed by atoms with van der Waals surface area (Å²) in [6.45, 7) is 5.14. The maximum Gasteiger partial charge on any atom is 0.338 e. The van der Waals surface area contributed by atoms with Gasteiger partial charge in [-0.3, -0.25) is 4.79 Å². The van der Waals surface area contributed by atoms with Crippen LogP contribution < -0.4 is 4.74 Å². The first-order valence-corrected chi connectivity index (χ1v) is 8.94. The molecule has 1 fully saturated rings. The number of carbonyl (C=O) groups is 2. The van der Waals surface area contributed by atoms with Gasteiger partial charge in [-0.2, -0.15) is 0 Å². The second-order valence-corrected chi connectivity index (χ2v) is 7.67. The SMILES string of the molecule is C=C(C)C(=O)Oc1ccc(C(=O)C[S+]2CCCCC2)cc1. The summed E-state index contributed by atoms with van der Waals surface area (Å²) in [6.07, 6.45) is 3.82. The third-order valence-electron chi connectivity index (χ3n) is 3.44. The molecule has 0 spiro atoms. The highest BCUT2D eigenvalue weighted by Crippen LogP contribution is 2.17. The number of hydrogen-bond donors (Lipinski definition) is 0. The van der Waals surface area contributed by atoms with Gasteiger partial charge in [-0.15, -0.1) is 0 Å². The Kier molecular flexibility index (Phi) is 5.62. The highest BCUT2D eigenvalue weighted by atomic mass is 32.2. The molecule has 0 amide bonds. The zero-order chi connectivity index (χ0) is 15.2. The standard InChI is InChI=1S/C17H21O3S/c1-13(2)17(19)20-15-8-6-14(7-9-15)16(18)12-21-10-4-3-5-11-21/h6-9H,1,3-5,10-12H2,2H3/q+1. The smallest absolute Gasteiger partial charge is 0.338 e. The Hall–Kier alpha value is -1.55. The Balaban J connectivity index is 1.93. The van der Waals surface area contributed by atoms with E-state index >= 15 is 0 Å². The van der Waals surface area contributed by atoms with Crippen LogP contribution >= 0.6 is 0 Å². The molecule has 0 aromatic heterocycles. The Labute approximate surface area is 128 Å². The number of carbonyl (C=O) groups excluding carboxylic acids is 2. The number of esters is 1. The summed E-state index contributed by atoms with van der Waals surface area (Å²) in [6, 6.07) is 6.80. The molecule has 4 heteroatoms. The third kappa shape index (κ3) is 4.74. The van der Waals surface area contributed by atoms with Crippen molar-refractivity contribution in [3.63, 3.8) is 0 Å². The Bertz CT molecular complexity index is 527. The van der Waals surface area contributed by atoms with Gasteiger partial charge >= 0.3 is 5.97 Å². The number of ether oxygens (including phenoxy) is 1. The molecule has 0 aliphatic carbocycles. The Morgan fingerprint density at radius 3 is 2.33 bits per heavy atom. The predicted octanol–water partition coefficient (Wildman–Crippen LogP) is 3.15. The van der Waals surface area contributed by atoms with Gasteiger partial charge < -0.3 is 4.74 Å². The third-order valence-corrected chi connectivity index (χ3v) is 5.84. The largest absolute Gasteiger partial charge is 0.423 e. The van der Waals surface area contributed by atoms with Gasteiger partial charge in [0.2, 0.25) is 5.78 Å². The highest BCUT2D eigenvalue weighted by Gasteiger charge is 2.25. The lowest BCUT2D eigenvalue weighted by Crippen LogP contribution is -2.25. The van der Waals surface area contributed by atoms with Crippen LogP contribution in [0.1, 0.15) is 36.5 Å². The molecule has 0 atom stereocenters. The first-order chi connectivity index (χ1) is 10.1. The molecule has 0 unspecified atom stereocenters. The van der Waals surface area contributed by atoms with Gasteiger partial charge in [-0.1, -0.05) is 6.58 Å². The van der Waals surface area contributed by atoms with Crippen molar-refractivity contribution in [2.45, 2.75) is 26.2 Å². The van der Waals surface area contributed by atoms with Crippen molar-refractivity contribution in [2.24, 2.45) is 0 Å². The second kappa shape index (κ2) is 7.46. The number of rotatable bonds is 5. The molecule has 0 N–H and O–H groups in total. The average molecular weight is 305 g/mol. The molecule has 2 rings (SSSR count). The molecule has 1 saturated heterocycles.